The fourth-order valence-electron chi connectivity index (χ4n) is 7.14. The van der Waals surface area contributed by atoms with Crippen molar-refractivity contribution in [1.82, 2.24) is 14.9 Å². The number of amides is 2. The zero-order valence-corrected chi connectivity index (χ0v) is 30.0. The van der Waals surface area contributed by atoms with Gasteiger partial charge in [0.15, 0.2) is 0 Å². The average Bonchev–Trinajstić information content (AvgIpc) is 3.11. The number of nitrogens with one attached hydrogen (secondary N) is 3. The van der Waals surface area contributed by atoms with Gasteiger partial charge in [0.1, 0.15) is 11.9 Å². The Morgan fingerprint density at radius 1 is 1.04 bits per heavy atom. The molecular weight excluding hydrogens is 683 g/mol. The zero-order chi connectivity index (χ0) is 35.7. The van der Waals surface area contributed by atoms with Crippen LogP contribution in [0.2, 0.25) is 5.02 Å². The van der Waals surface area contributed by atoms with E-state index in [4.69, 9.17) is 21.1 Å². The van der Waals surface area contributed by atoms with Crippen LogP contribution in [0.25, 0.3) is 0 Å². The van der Waals surface area contributed by atoms with Gasteiger partial charge >= 0.3 is 6.09 Å². The third-order valence-corrected chi connectivity index (χ3v) is 11.8. The molecule has 2 aliphatic rings. The lowest BCUT2D eigenvalue weighted by molar-refractivity contribution is -0.119. The molecule has 3 aromatic rings. The van der Waals surface area contributed by atoms with Crippen LogP contribution in [-0.2, 0) is 30.7 Å². The van der Waals surface area contributed by atoms with Crippen molar-refractivity contribution >= 4 is 39.3 Å². The molecule has 2 aliphatic heterocycles. The van der Waals surface area contributed by atoms with E-state index in [1.807, 2.05) is 19.1 Å². The fraction of sp³-hybridized carbons (Fsp3) is 0.459. The van der Waals surface area contributed by atoms with Crippen LogP contribution in [0.15, 0.2) is 77.7 Å². The molecule has 0 saturated carbocycles. The van der Waals surface area contributed by atoms with Gasteiger partial charge in [-0.1, -0.05) is 48.0 Å². The highest BCUT2D eigenvalue weighted by atomic mass is 35.5. The van der Waals surface area contributed by atoms with Crippen LogP contribution in [0, 0.1) is 11.7 Å². The Bertz CT molecular complexity index is 1690. The van der Waals surface area contributed by atoms with Gasteiger partial charge < -0.3 is 25.4 Å². The number of halogens is 2. The van der Waals surface area contributed by atoms with Crippen molar-refractivity contribution in [2.75, 3.05) is 38.2 Å². The van der Waals surface area contributed by atoms with Gasteiger partial charge in [-0.25, -0.2) is 17.6 Å². The van der Waals surface area contributed by atoms with Gasteiger partial charge in [0, 0.05) is 60.6 Å². The molecule has 3 N–H and O–H groups in total. The number of carbonyl (C=O) groups excluding carboxylic acids is 2. The summed E-state index contributed by atoms with van der Waals surface area (Å²) in [6.07, 6.45) is 1.81. The van der Waals surface area contributed by atoms with Crippen LogP contribution < -0.4 is 16.0 Å². The summed E-state index contributed by atoms with van der Waals surface area (Å²) < 4.78 is 55.2. The summed E-state index contributed by atoms with van der Waals surface area (Å²) in [4.78, 5) is 27.3. The number of anilines is 1. The van der Waals surface area contributed by atoms with E-state index < -0.39 is 39.8 Å². The summed E-state index contributed by atoms with van der Waals surface area (Å²) in [6, 6.07) is 18.4. The van der Waals surface area contributed by atoms with Gasteiger partial charge in [0.05, 0.1) is 11.5 Å². The van der Waals surface area contributed by atoms with Gasteiger partial charge in [-0.15, -0.1) is 0 Å². The number of alkyl carbamates (subject to hydrolysis) is 1. The topological polar surface area (TPSA) is 126 Å². The monoisotopic (exact) mass is 728 g/mol. The standard InChI is InChI=1S/C37H46ClFN4O6S/c1-3-49-37(45)42-35(34(27-19-21-48-22-20-27)26-15-17-28(38)18-16-26)36(44)41-33-14-8-13-32(39)31(33)12-7-9-29-24-40-23-25(2)43(29)50(46,47)30-10-5-4-6-11-30/h4-6,8,10-11,13-18,25,27,29,34-35,40H,3,7,9,12,19-24H2,1-2H3,(H,41,44)(H,42,45)/t25-,29+,34+,35+/m1/s1. The van der Waals surface area contributed by atoms with Crippen molar-refractivity contribution < 1.29 is 31.9 Å². The lowest BCUT2D eigenvalue weighted by Gasteiger charge is -2.40. The summed E-state index contributed by atoms with van der Waals surface area (Å²) in [5.41, 5.74) is 1.42. The predicted octanol–water partition coefficient (Wildman–Crippen LogP) is 6.12. The average molecular weight is 729 g/mol. The van der Waals surface area contributed by atoms with E-state index in [0.29, 0.717) is 62.6 Å². The quantitative estimate of drug-likeness (QED) is 0.194. The Hall–Kier alpha value is -3.55. The number of nitrogens with zero attached hydrogens (tertiary/aromatic N) is 1. The maximum absolute atomic E-state index is 15.5. The SMILES string of the molecule is CCOC(=O)N[C@H](C(=O)Nc1cccc(F)c1CCC[C@H]1CNC[C@@H](C)N1S(=O)(=O)c1ccccc1)[C@@H](c1ccc(Cl)cc1)C1CCOCC1. The van der Waals surface area contributed by atoms with E-state index in [1.54, 1.807) is 59.8 Å². The molecule has 0 spiro atoms. The van der Waals surface area contributed by atoms with E-state index in [9.17, 15) is 18.0 Å². The molecule has 2 heterocycles. The number of ether oxygens (including phenoxy) is 2. The number of benzene rings is 3. The van der Waals surface area contributed by atoms with Crippen molar-refractivity contribution in [1.29, 1.82) is 0 Å². The highest BCUT2D eigenvalue weighted by Crippen LogP contribution is 2.36. The Balaban J connectivity index is 1.37. The molecule has 0 aromatic heterocycles. The smallest absolute Gasteiger partial charge is 0.407 e. The zero-order valence-electron chi connectivity index (χ0n) is 28.4. The van der Waals surface area contributed by atoms with Gasteiger partial charge in [0.25, 0.3) is 0 Å². The van der Waals surface area contributed by atoms with E-state index in [1.165, 1.54) is 12.1 Å². The largest absolute Gasteiger partial charge is 0.450 e. The number of carbonyl (C=O) groups is 2. The van der Waals surface area contributed by atoms with Crippen molar-refractivity contribution in [3.8, 4) is 0 Å². The number of hydrogen-bond acceptors (Lipinski definition) is 7. The second-order valence-corrected chi connectivity index (χ2v) is 15.1. The minimum absolute atomic E-state index is 0.00353. The van der Waals surface area contributed by atoms with E-state index in [0.717, 1.165) is 5.56 Å². The number of rotatable bonds is 13. The minimum atomic E-state index is -3.75. The van der Waals surface area contributed by atoms with E-state index in [-0.39, 0.29) is 41.6 Å². The van der Waals surface area contributed by atoms with Crippen LogP contribution in [-0.4, -0.2) is 75.8 Å². The number of sulfonamides is 1. The molecule has 2 saturated heterocycles. The molecule has 4 atom stereocenters. The summed E-state index contributed by atoms with van der Waals surface area (Å²) in [7, 11) is -3.75. The molecule has 50 heavy (non-hydrogen) atoms. The predicted molar refractivity (Wildman–Crippen MR) is 191 cm³/mol. The lowest BCUT2D eigenvalue weighted by Crippen LogP contribution is -2.58. The Morgan fingerprint density at radius 3 is 2.46 bits per heavy atom. The Labute approximate surface area is 299 Å². The summed E-state index contributed by atoms with van der Waals surface area (Å²) in [6.45, 7) is 5.72. The maximum atomic E-state index is 15.5. The molecular formula is C37H46ClFN4O6S. The van der Waals surface area contributed by atoms with E-state index in [2.05, 4.69) is 16.0 Å². The van der Waals surface area contributed by atoms with Crippen molar-refractivity contribution in [3.63, 3.8) is 0 Å². The van der Waals surface area contributed by atoms with Crippen LogP contribution >= 0.6 is 11.6 Å². The van der Waals surface area contributed by atoms with Crippen molar-refractivity contribution in [3.05, 3.63) is 94.8 Å². The van der Waals surface area contributed by atoms with Crippen molar-refractivity contribution in [2.45, 2.75) is 74.9 Å². The second kappa shape index (κ2) is 17.6. The molecule has 3 aromatic carbocycles. The molecule has 2 amide bonds. The molecule has 270 valence electrons. The van der Waals surface area contributed by atoms with Crippen LogP contribution in [0.3, 0.4) is 0 Å². The highest BCUT2D eigenvalue weighted by Gasteiger charge is 2.39. The molecule has 13 heteroatoms. The number of piperazine rings is 1. The van der Waals surface area contributed by atoms with E-state index >= 15 is 4.39 Å². The first-order valence-corrected chi connectivity index (χ1v) is 19.1. The summed E-state index contributed by atoms with van der Waals surface area (Å²) in [5, 5.41) is 9.59. The third kappa shape index (κ3) is 9.21. The van der Waals surface area contributed by atoms with Gasteiger partial charge in [0.2, 0.25) is 15.9 Å². The first kappa shape index (κ1) is 37.7. The van der Waals surface area contributed by atoms with Crippen molar-refractivity contribution in [2.24, 2.45) is 5.92 Å². The third-order valence-electron chi connectivity index (χ3n) is 9.49. The number of hydrogen-bond donors (Lipinski definition) is 3. The Morgan fingerprint density at radius 2 is 1.76 bits per heavy atom. The Kier molecular flexibility index (Phi) is 13.3. The minimum Gasteiger partial charge on any atom is -0.450 e. The van der Waals surface area contributed by atoms with Crippen LogP contribution in [0.5, 0.6) is 0 Å². The summed E-state index contributed by atoms with van der Waals surface area (Å²) >= 11 is 6.21. The molecule has 0 aliphatic carbocycles. The highest BCUT2D eigenvalue weighted by molar-refractivity contribution is 7.89. The molecule has 5 rings (SSSR count). The van der Waals surface area contributed by atoms with Gasteiger partial charge in [-0.2, -0.15) is 4.31 Å². The molecule has 0 radical (unpaired) electrons. The molecule has 0 bridgehead atoms. The first-order chi connectivity index (χ1) is 24.1. The van der Waals surface area contributed by atoms with Gasteiger partial charge in [-0.05, 0) is 93.8 Å². The van der Waals surface area contributed by atoms with Crippen LogP contribution in [0.1, 0.15) is 56.6 Å². The summed E-state index contributed by atoms with van der Waals surface area (Å²) in [5.74, 6) is -1.45. The second-order valence-electron chi connectivity index (χ2n) is 12.8. The van der Waals surface area contributed by atoms with Gasteiger partial charge in [-0.3, -0.25) is 4.79 Å². The molecule has 2 fully saturated rings. The van der Waals surface area contributed by atoms with Crippen LogP contribution in [0.4, 0.5) is 14.9 Å². The fourth-order valence-corrected chi connectivity index (χ4v) is 9.14. The first-order valence-electron chi connectivity index (χ1n) is 17.2. The molecule has 10 nitrogen and oxygen atoms in total. The normalized spacial score (nSPS) is 20.1. The lowest BCUT2D eigenvalue weighted by atomic mass is 9.76. The maximum Gasteiger partial charge on any atom is 0.407 e. The molecule has 0 unspecified atom stereocenters.